The minimum atomic E-state index is -3.27. The van der Waals surface area contributed by atoms with Crippen molar-refractivity contribution < 1.29 is 13.2 Å². The number of nitrogens with one attached hydrogen (secondary N) is 1. The van der Waals surface area contributed by atoms with E-state index in [1.165, 1.54) is 10.6 Å². The summed E-state index contributed by atoms with van der Waals surface area (Å²) in [5.74, 6) is 0.290. The van der Waals surface area contributed by atoms with Gasteiger partial charge in [0.15, 0.2) is 0 Å². The van der Waals surface area contributed by atoms with Gasteiger partial charge in [0.05, 0.1) is 6.26 Å². The number of carbonyl (C=O) groups excluding carboxylic acids is 1. The third-order valence-electron chi connectivity index (χ3n) is 3.35. The summed E-state index contributed by atoms with van der Waals surface area (Å²) in [5, 5.41) is 2.81. The van der Waals surface area contributed by atoms with Gasteiger partial charge in [-0.25, -0.2) is 12.7 Å². The monoisotopic (exact) mass is 326 g/mol. The second-order valence-electron chi connectivity index (χ2n) is 5.86. The largest absolute Gasteiger partial charge is 0.352 e. The minimum absolute atomic E-state index is 0.137. The molecule has 0 bridgehead atoms. The van der Waals surface area contributed by atoms with Gasteiger partial charge in [0.1, 0.15) is 0 Å². The molecule has 0 aliphatic rings. The van der Waals surface area contributed by atoms with Crippen LogP contribution in [0.1, 0.15) is 32.3 Å². The van der Waals surface area contributed by atoms with Crippen molar-refractivity contribution in [3.8, 4) is 0 Å². The topological polar surface area (TPSA) is 66.5 Å². The lowest BCUT2D eigenvalue weighted by Crippen LogP contribution is -2.35. The van der Waals surface area contributed by atoms with Crippen molar-refractivity contribution in [1.29, 1.82) is 0 Å². The van der Waals surface area contributed by atoms with E-state index in [4.69, 9.17) is 0 Å². The molecule has 0 aromatic heterocycles. The molecular formula is C16H26N2O3S. The molecule has 5 nitrogen and oxygen atoms in total. The van der Waals surface area contributed by atoms with Crippen LogP contribution in [0.5, 0.6) is 0 Å². The lowest BCUT2D eigenvalue weighted by atomic mass is 10.1. The molecule has 1 amide bonds. The van der Waals surface area contributed by atoms with Gasteiger partial charge in [0.2, 0.25) is 15.9 Å². The lowest BCUT2D eigenvalue weighted by Gasteiger charge is -2.20. The first-order valence-electron chi connectivity index (χ1n) is 7.55. The molecule has 0 radical (unpaired) electrons. The van der Waals surface area contributed by atoms with Gasteiger partial charge >= 0.3 is 0 Å². The Labute approximate surface area is 133 Å². The summed E-state index contributed by atoms with van der Waals surface area (Å²) >= 11 is 0. The van der Waals surface area contributed by atoms with E-state index < -0.39 is 10.0 Å². The first-order chi connectivity index (χ1) is 10.3. The molecule has 6 heteroatoms. The van der Waals surface area contributed by atoms with E-state index >= 15 is 0 Å². The van der Waals surface area contributed by atoms with Gasteiger partial charge in [-0.1, -0.05) is 44.2 Å². The molecule has 1 aromatic carbocycles. The van der Waals surface area contributed by atoms with Gasteiger partial charge < -0.3 is 5.32 Å². The smallest absolute Gasteiger partial charge is 0.221 e. The standard InChI is InChI=1S/C16H26N2O3S/c1-14(2)9-11-18(22(3,20)21)12-10-16(19)17-13-15-7-5-4-6-8-15/h4-8,14H,9-13H2,1-3H3,(H,17,19). The van der Waals surface area contributed by atoms with Crippen molar-refractivity contribution in [2.75, 3.05) is 19.3 Å². The Morgan fingerprint density at radius 1 is 1.18 bits per heavy atom. The molecule has 0 atom stereocenters. The van der Waals surface area contributed by atoms with Crippen LogP contribution in [0.3, 0.4) is 0 Å². The second kappa shape index (κ2) is 8.90. The Balaban J connectivity index is 2.42. The van der Waals surface area contributed by atoms with E-state index in [9.17, 15) is 13.2 Å². The zero-order chi connectivity index (χ0) is 16.6. The van der Waals surface area contributed by atoms with Gasteiger partial charge in [-0.05, 0) is 17.9 Å². The van der Waals surface area contributed by atoms with Crippen molar-refractivity contribution in [3.63, 3.8) is 0 Å². The molecule has 1 N–H and O–H groups in total. The number of hydrogen-bond donors (Lipinski definition) is 1. The Bertz CT molecular complexity index is 556. The number of sulfonamides is 1. The average molecular weight is 326 g/mol. The molecule has 0 heterocycles. The maximum atomic E-state index is 11.9. The van der Waals surface area contributed by atoms with E-state index in [2.05, 4.69) is 5.32 Å². The molecule has 22 heavy (non-hydrogen) atoms. The number of benzene rings is 1. The van der Waals surface area contributed by atoms with Crippen molar-refractivity contribution in [2.24, 2.45) is 5.92 Å². The van der Waals surface area contributed by atoms with Gasteiger partial charge in [0, 0.05) is 26.1 Å². The van der Waals surface area contributed by atoms with E-state index in [0.29, 0.717) is 19.0 Å². The van der Waals surface area contributed by atoms with Crippen molar-refractivity contribution >= 4 is 15.9 Å². The molecule has 0 spiro atoms. The van der Waals surface area contributed by atoms with Crippen LogP contribution in [0.2, 0.25) is 0 Å². The number of rotatable bonds is 9. The van der Waals surface area contributed by atoms with Crippen LogP contribution < -0.4 is 5.32 Å². The normalized spacial score (nSPS) is 11.9. The summed E-state index contributed by atoms with van der Waals surface area (Å²) in [5.41, 5.74) is 1.02. The van der Waals surface area contributed by atoms with Crippen molar-refractivity contribution in [3.05, 3.63) is 35.9 Å². The van der Waals surface area contributed by atoms with Crippen LogP contribution in [0.15, 0.2) is 30.3 Å². The lowest BCUT2D eigenvalue weighted by molar-refractivity contribution is -0.121. The van der Waals surface area contributed by atoms with Crippen LogP contribution in [0.25, 0.3) is 0 Å². The van der Waals surface area contributed by atoms with Gasteiger partial charge in [-0.15, -0.1) is 0 Å². The molecule has 0 fully saturated rings. The van der Waals surface area contributed by atoms with Crippen LogP contribution >= 0.6 is 0 Å². The third kappa shape index (κ3) is 7.56. The fourth-order valence-corrected chi connectivity index (χ4v) is 2.82. The fourth-order valence-electron chi connectivity index (χ4n) is 1.96. The summed E-state index contributed by atoms with van der Waals surface area (Å²) in [4.78, 5) is 11.9. The van der Waals surface area contributed by atoms with Gasteiger partial charge in [-0.2, -0.15) is 0 Å². The van der Waals surface area contributed by atoms with E-state index in [1.807, 2.05) is 44.2 Å². The zero-order valence-corrected chi connectivity index (χ0v) is 14.4. The number of carbonyl (C=O) groups is 1. The summed E-state index contributed by atoms with van der Waals surface area (Å²) in [6, 6.07) is 9.62. The van der Waals surface area contributed by atoms with Crippen LogP contribution in [0, 0.1) is 5.92 Å². The van der Waals surface area contributed by atoms with Crippen LogP contribution in [0.4, 0.5) is 0 Å². The summed E-state index contributed by atoms with van der Waals surface area (Å²) in [6.07, 6.45) is 2.16. The third-order valence-corrected chi connectivity index (χ3v) is 4.65. The molecule has 0 aliphatic heterocycles. The van der Waals surface area contributed by atoms with Gasteiger partial charge in [-0.3, -0.25) is 4.79 Å². The Kier molecular flexibility index (Phi) is 7.55. The maximum Gasteiger partial charge on any atom is 0.221 e. The zero-order valence-electron chi connectivity index (χ0n) is 13.6. The SMILES string of the molecule is CC(C)CCN(CCC(=O)NCc1ccccc1)S(C)(=O)=O. The van der Waals surface area contributed by atoms with Crippen molar-refractivity contribution in [2.45, 2.75) is 33.2 Å². The number of hydrogen-bond acceptors (Lipinski definition) is 3. The Morgan fingerprint density at radius 2 is 1.82 bits per heavy atom. The maximum absolute atomic E-state index is 11.9. The minimum Gasteiger partial charge on any atom is -0.352 e. The molecule has 0 unspecified atom stereocenters. The first-order valence-corrected chi connectivity index (χ1v) is 9.39. The first kappa shape index (κ1) is 18.6. The summed E-state index contributed by atoms with van der Waals surface area (Å²) in [6.45, 7) is 5.25. The van der Waals surface area contributed by atoms with Gasteiger partial charge in [0.25, 0.3) is 0 Å². The average Bonchev–Trinajstić information content (AvgIpc) is 2.44. The summed E-state index contributed by atoms with van der Waals surface area (Å²) in [7, 11) is -3.27. The molecule has 124 valence electrons. The van der Waals surface area contributed by atoms with Crippen molar-refractivity contribution in [1.82, 2.24) is 9.62 Å². The highest BCUT2D eigenvalue weighted by atomic mass is 32.2. The van der Waals surface area contributed by atoms with Crippen LogP contribution in [-0.4, -0.2) is 38.0 Å². The second-order valence-corrected chi connectivity index (χ2v) is 7.84. The molecule has 0 aliphatic carbocycles. The quantitative estimate of drug-likeness (QED) is 0.755. The molecule has 0 saturated carbocycles. The Hall–Kier alpha value is -1.40. The fraction of sp³-hybridized carbons (Fsp3) is 0.562. The Morgan fingerprint density at radius 3 is 2.36 bits per heavy atom. The predicted molar refractivity (Wildman–Crippen MR) is 88.8 cm³/mol. The van der Waals surface area contributed by atoms with Crippen LogP contribution in [-0.2, 0) is 21.4 Å². The molecule has 0 saturated heterocycles. The van der Waals surface area contributed by atoms with E-state index in [-0.39, 0.29) is 18.9 Å². The molecule has 1 rings (SSSR count). The number of amides is 1. The molecule has 1 aromatic rings. The van der Waals surface area contributed by atoms with E-state index in [0.717, 1.165) is 12.0 Å². The highest BCUT2D eigenvalue weighted by Gasteiger charge is 2.17. The predicted octanol–water partition coefficient (Wildman–Crippen LogP) is 2.00. The molecular weight excluding hydrogens is 300 g/mol. The number of nitrogens with zero attached hydrogens (tertiary/aromatic N) is 1. The highest BCUT2D eigenvalue weighted by Crippen LogP contribution is 2.07. The highest BCUT2D eigenvalue weighted by molar-refractivity contribution is 7.88. The van der Waals surface area contributed by atoms with E-state index in [1.54, 1.807) is 0 Å². The summed E-state index contributed by atoms with van der Waals surface area (Å²) < 4.78 is 24.8.